The Hall–Kier alpha value is -1.55. The summed E-state index contributed by atoms with van der Waals surface area (Å²) in [4.78, 5) is 24.1. The zero-order valence-electron chi connectivity index (χ0n) is 12.4. The maximum absolute atomic E-state index is 12.3. The van der Waals surface area contributed by atoms with Crippen molar-refractivity contribution >= 4 is 23.5 Å². The normalized spacial score (nSPS) is 19.7. The van der Waals surface area contributed by atoms with Crippen LogP contribution in [0, 0.1) is 0 Å². The summed E-state index contributed by atoms with van der Waals surface area (Å²) >= 11 is 5.88. The van der Waals surface area contributed by atoms with E-state index in [1.54, 1.807) is 12.1 Å². The predicted octanol–water partition coefficient (Wildman–Crippen LogP) is 2.97. The molecule has 0 atom stereocenters. The molecule has 0 heterocycles. The van der Waals surface area contributed by atoms with Crippen LogP contribution in [0.4, 0.5) is 0 Å². The lowest BCUT2D eigenvalue weighted by atomic mass is 9.96. The molecule has 2 aliphatic carbocycles. The molecule has 4 nitrogen and oxygen atoms in total. The summed E-state index contributed by atoms with van der Waals surface area (Å²) < 4.78 is 5.24. The van der Waals surface area contributed by atoms with Gasteiger partial charge in [0.2, 0.25) is 0 Å². The van der Waals surface area contributed by atoms with Crippen molar-refractivity contribution in [3.8, 4) is 0 Å². The van der Waals surface area contributed by atoms with Crippen LogP contribution < -0.4 is 5.32 Å². The van der Waals surface area contributed by atoms with Crippen molar-refractivity contribution in [3.63, 3.8) is 0 Å². The number of nitrogens with one attached hydrogen (secondary N) is 1. The average Bonchev–Trinajstić information content (AvgIpc) is 3.17. The summed E-state index contributed by atoms with van der Waals surface area (Å²) in [7, 11) is 0. The number of esters is 1. The van der Waals surface area contributed by atoms with Crippen molar-refractivity contribution in [2.75, 3.05) is 6.61 Å². The molecule has 2 aliphatic rings. The fourth-order valence-electron chi connectivity index (χ4n) is 3.11. The molecular weight excluding hydrogens is 302 g/mol. The Bertz CT molecular complexity index is 560. The molecular formula is C17H20ClNO3. The van der Waals surface area contributed by atoms with Crippen molar-refractivity contribution in [3.05, 3.63) is 34.9 Å². The Morgan fingerprint density at radius 3 is 2.41 bits per heavy atom. The van der Waals surface area contributed by atoms with Gasteiger partial charge in [0.15, 0.2) is 6.61 Å². The van der Waals surface area contributed by atoms with Gasteiger partial charge in [-0.2, -0.15) is 0 Å². The third kappa shape index (κ3) is 3.27. The number of hydrogen-bond donors (Lipinski definition) is 1. The molecule has 0 unspecified atom stereocenters. The molecule has 5 heteroatoms. The first kappa shape index (κ1) is 15.3. The fourth-order valence-corrected chi connectivity index (χ4v) is 3.24. The Morgan fingerprint density at radius 1 is 1.18 bits per heavy atom. The standard InChI is InChI=1S/C17H20ClNO3/c18-13-7-5-12(6-8-13)17(9-10-17)16(21)22-11-15(20)19-14-3-1-2-4-14/h5-8,14H,1-4,9-11H2,(H,19,20). The van der Waals surface area contributed by atoms with Gasteiger partial charge >= 0.3 is 5.97 Å². The first-order valence-electron chi connectivity index (χ1n) is 7.83. The molecule has 0 aromatic heterocycles. The minimum Gasteiger partial charge on any atom is -0.455 e. The molecule has 0 bridgehead atoms. The number of amides is 1. The highest BCUT2D eigenvalue weighted by atomic mass is 35.5. The number of rotatable bonds is 5. The van der Waals surface area contributed by atoms with Crippen molar-refractivity contribution in [1.82, 2.24) is 5.32 Å². The van der Waals surface area contributed by atoms with E-state index < -0.39 is 5.41 Å². The summed E-state index contributed by atoms with van der Waals surface area (Å²) in [5.41, 5.74) is 0.344. The van der Waals surface area contributed by atoms with Gasteiger partial charge in [-0.1, -0.05) is 36.6 Å². The number of halogens is 1. The minimum absolute atomic E-state index is 0.190. The first-order valence-corrected chi connectivity index (χ1v) is 8.21. The second-order valence-electron chi connectivity index (χ2n) is 6.21. The first-order chi connectivity index (χ1) is 10.6. The number of carbonyl (C=O) groups is 2. The smallest absolute Gasteiger partial charge is 0.317 e. The Labute approximate surface area is 135 Å². The summed E-state index contributed by atoms with van der Waals surface area (Å²) in [6.45, 7) is -0.190. The lowest BCUT2D eigenvalue weighted by molar-refractivity contribution is -0.151. The molecule has 0 saturated heterocycles. The number of carbonyl (C=O) groups excluding carboxylic acids is 2. The van der Waals surface area contributed by atoms with Crippen molar-refractivity contribution in [1.29, 1.82) is 0 Å². The van der Waals surface area contributed by atoms with E-state index in [4.69, 9.17) is 16.3 Å². The van der Waals surface area contributed by atoms with Gasteiger partial charge in [-0.25, -0.2) is 0 Å². The zero-order chi connectivity index (χ0) is 15.6. The van der Waals surface area contributed by atoms with E-state index in [2.05, 4.69) is 5.32 Å². The van der Waals surface area contributed by atoms with Crippen LogP contribution in [0.15, 0.2) is 24.3 Å². The highest BCUT2D eigenvalue weighted by Crippen LogP contribution is 2.49. The van der Waals surface area contributed by atoms with Gasteiger partial charge in [0, 0.05) is 11.1 Å². The molecule has 2 saturated carbocycles. The van der Waals surface area contributed by atoms with Crippen LogP contribution in [-0.2, 0) is 19.7 Å². The largest absolute Gasteiger partial charge is 0.455 e. The number of ether oxygens (including phenoxy) is 1. The Kier molecular flexibility index (Phi) is 4.39. The lowest BCUT2D eigenvalue weighted by Gasteiger charge is -2.16. The van der Waals surface area contributed by atoms with Crippen LogP contribution in [0.3, 0.4) is 0 Å². The van der Waals surface area contributed by atoms with Crippen molar-refractivity contribution < 1.29 is 14.3 Å². The molecule has 0 radical (unpaired) electrons. The molecule has 0 spiro atoms. The topological polar surface area (TPSA) is 55.4 Å². The van der Waals surface area contributed by atoms with Crippen LogP contribution in [-0.4, -0.2) is 24.5 Å². The molecule has 1 N–H and O–H groups in total. The van der Waals surface area contributed by atoms with Crippen LogP contribution in [0.1, 0.15) is 44.1 Å². The average molecular weight is 322 g/mol. The Morgan fingerprint density at radius 2 is 1.82 bits per heavy atom. The van der Waals surface area contributed by atoms with E-state index in [0.717, 1.165) is 44.1 Å². The zero-order valence-corrected chi connectivity index (χ0v) is 13.2. The molecule has 3 rings (SSSR count). The maximum atomic E-state index is 12.3. The molecule has 1 aromatic carbocycles. The van der Waals surface area contributed by atoms with Gasteiger partial charge < -0.3 is 10.1 Å². The van der Waals surface area contributed by atoms with Crippen LogP contribution in [0.25, 0.3) is 0 Å². The Balaban J connectivity index is 1.53. The summed E-state index contributed by atoms with van der Waals surface area (Å²) in [5, 5.41) is 3.56. The lowest BCUT2D eigenvalue weighted by Crippen LogP contribution is -2.37. The second kappa shape index (κ2) is 6.29. The SMILES string of the molecule is O=C(COC(=O)C1(c2ccc(Cl)cc2)CC1)NC1CCCC1. The van der Waals surface area contributed by atoms with E-state index in [0.29, 0.717) is 5.02 Å². The molecule has 1 aromatic rings. The molecule has 0 aliphatic heterocycles. The summed E-state index contributed by atoms with van der Waals surface area (Å²) in [6, 6.07) is 7.51. The third-order valence-corrected chi connectivity index (χ3v) is 4.84. The van der Waals surface area contributed by atoms with Gasteiger partial charge in [0.1, 0.15) is 0 Å². The molecule has 2 fully saturated rings. The van der Waals surface area contributed by atoms with E-state index >= 15 is 0 Å². The van der Waals surface area contributed by atoms with E-state index in [1.165, 1.54) is 0 Å². The molecule has 1 amide bonds. The third-order valence-electron chi connectivity index (χ3n) is 4.59. The van der Waals surface area contributed by atoms with Crippen molar-refractivity contribution in [2.45, 2.75) is 50.0 Å². The number of benzene rings is 1. The fraction of sp³-hybridized carbons (Fsp3) is 0.529. The minimum atomic E-state index is -0.571. The highest BCUT2D eigenvalue weighted by Gasteiger charge is 2.52. The van der Waals surface area contributed by atoms with Crippen LogP contribution in [0.2, 0.25) is 5.02 Å². The maximum Gasteiger partial charge on any atom is 0.317 e. The number of hydrogen-bond acceptors (Lipinski definition) is 3. The van der Waals surface area contributed by atoms with Gasteiger partial charge in [-0.3, -0.25) is 9.59 Å². The van der Waals surface area contributed by atoms with Crippen molar-refractivity contribution in [2.24, 2.45) is 0 Å². The van der Waals surface area contributed by atoms with Crippen LogP contribution in [0.5, 0.6) is 0 Å². The summed E-state index contributed by atoms with van der Waals surface area (Å²) in [6.07, 6.45) is 5.88. The van der Waals surface area contributed by atoms with E-state index in [9.17, 15) is 9.59 Å². The van der Waals surface area contributed by atoms with E-state index in [1.807, 2.05) is 12.1 Å². The van der Waals surface area contributed by atoms with E-state index in [-0.39, 0.29) is 24.5 Å². The van der Waals surface area contributed by atoms with Gasteiger partial charge in [0.05, 0.1) is 5.41 Å². The van der Waals surface area contributed by atoms with Gasteiger partial charge in [-0.15, -0.1) is 0 Å². The summed E-state index contributed by atoms with van der Waals surface area (Å²) in [5.74, 6) is -0.511. The highest BCUT2D eigenvalue weighted by molar-refractivity contribution is 6.30. The second-order valence-corrected chi connectivity index (χ2v) is 6.65. The van der Waals surface area contributed by atoms with Gasteiger partial charge in [-0.05, 0) is 43.4 Å². The predicted molar refractivity (Wildman–Crippen MR) is 83.7 cm³/mol. The van der Waals surface area contributed by atoms with Crippen LogP contribution >= 0.6 is 11.6 Å². The monoisotopic (exact) mass is 321 g/mol. The quantitative estimate of drug-likeness (QED) is 0.848. The van der Waals surface area contributed by atoms with Gasteiger partial charge in [0.25, 0.3) is 5.91 Å². The molecule has 22 heavy (non-hydrogen) atoms. The molecule has 118 valence electrons.